The van der Waals surface area contributed by atoms with Crippen LogP contribution >= 0.6 is 11.5 Å². The van der Waals surface area contributed by atoms with Crippen LogP contribution in [0.25, 0.3) is 0 Å². The lowest BCUT2D eigenvalue weighted by Gasteiger charge is -2.28. The number of aromatic nitrogens is 2. The molecule has 0 spiro atoms. The summed E-state index contributed by atoms with van der Waals surface area (Å²) in [6.07, 6.45) is 1.02. The molecule has 0 unspecified atom stereocenters. The summed E-state index contributed by atoms with van der Waals surface area (Å²) in [6.45, 7) is 3.43. The minimum Gasteiger partial charge on any atom is -0.482 e. The van der Waals surface area contributed by atoms with E-state index in [9.17, 15) is 4.79 Å². The Morgan fingerprint density at radius 3 is 3.14 bits per heavy atom. The molecule has 1 N–H and O–H groups in total. The fourth-order valence-corrected chi connectivity index (χ4v) is 2.76. The molecule has 1 aromatic carbocycles. The average molecular weight is 304 g/mol. The van der Waals surface area contributed by atoms with E-state index in [0.29, 0.717) is 6.54 Å². The second kappa shape index (κ2) is 6.09. The fourth-order valence-electron chi connectivity index (χ4n) is 2.16. The maximum absolute atomic E-state index is 12.1. The molecule has 2 heterocycles. The number of anilines is 2. The quantitative estimate of drug-likeness (QED) is 0.918. The summed E-state index contributed by atoms with van der Waals surface area (Å²) in [4.78, 5) is 13.8. The molecule has 0 saturated carbocycles. The molecule has 0 aliphatic carbocycles. The Kier molecular flexibility index (Phi) is 4.01. The molecular formula is C14H16N4O2S. The van der Waals surface area contributed by atoms with Gasteiger partial charge in [-0.3, -0.25) is 9.69 Å². The van der Waals surface area contributed by atoms with Gasteiger partial charge in [-0.2, -0.15) is 0 Å². The predicted molar refractivity (Wildman–Crippen MR) is 81.8 cm³/mol. The van der Waals surface area contributed by atoms with E-state index in [1.807, 2.05) is 24.3 Å². The summed E-state index contributed by atoms with van der Waals surface area (Å²) in [7, 11) is 0. The number of hydrogen-bond donors (Lipinski definition) is 1. The molecule has 2 aromatic rings. The highest BCUT2D eigenvalue weighted by Gasteiger charge is 2.26. The maximum Gasteiger partial charge on any atom is 0.265 e. The van der Waals surface area contributed by atoms with Crippen molar-refractivity contribution in [1.82, 2.24) is 9.59 Å². The molecule has 0 bridgehead atoms. The van der Waals surface area contributed by atoms with Gasteiger partial charge in [0.2, 0.25) is 0 Å². The van der Waals surface area contributed by atoms with Gasteiger partial charge in [-0.05, 0) is 18.6 Å². The first kappa shape index (κ1) is 13.8. The normalized spacial score (nSPS) is 13.8. The number of carbonyl (C=O) groups is 1. The summed E-state index contributed by atoms with van der Waals surface area (Å²) in [5, 5.41) is 8.36. The van der Waals surface area contributed by atoms with Gasteiger partial charge < -0.3 is 10.1 Å². The smallest absolute Gasteiger partial charge is 0.265 e. The first-order valence-electron chi connectivity index (χ1n) is 6.87. The molecule has 0 saturated heterocycles. The Morgan fingerprint density at radius 2 is 2.29 bits per heavy atom. The van der Waals surface area contributed by atoms with Crippen molar-refractivity contribution in [1.29, 1.82) is 0 Å². The van der Waals surface area contributed by atoms with E-state index in [2.05, 4.69) is 21.8 Å². The van der Waals surface area contributed by atoms with Crippen LogP contribution in [0.2, 0.25) is 0 Å². The van der Waals surface area contributed by atoms with Crippen molar-refractivity contribution >= 4 is 28.1 Å². The van der Waals surface area contributed by atoms with E-state index in [4.69, 9.17) is 4.74 Å². The third kappa shape index (κ3) is 2.82. The SMILES string of the molecule is CCCNc1snnc1CN1C(=O)COc2ccccc21. The Balaban J connectivity index is 1.84. The van der Waals surface area contributed by atoms with E-state index in [1.165, 1.54) is 11.5 Å². The van der Waals surface area contributed by atoms with Gasteiger partial charge in [-0.25, -0.2) is 0 Å². The number of nitrogens with zero attached hydrogens (tertiary/aromatic N) is 3. The predicted octanol–water partition coefficient (Wildman–Crippen LogP) is 2.29. The van der Waals surface area contributed by atoms with Crippen molar-refractivity contribution in [3.63, 3.8) is 0 Å². The van der Waals surface area contributed by atoms with Crippen LogP contribution in [0.4, 0.5) is 10.7 Å². The van der Waals surface area contributed by atoms with Gasteiger partial charge >= 0.3 is 0 Å². The second-order valence-electron chi connectivity index (χ2n) is 4.71. The third-order valence-electron chi connectivity index (χ3n) is 3.21. The molecule has 1 aliphatic heterocycles. The zero-order valence-electron chi connectivity index (χ0n) is 11.7. The maximum atomic E-state index is 12.1. The molecule has 0 fully saturated rings. The van der Waals surface area contributed by atoms with Gasteiger partial charge in [0.1, 0.15) is 16.4 Å². The second-order valence-corrected chi connectivity index (χ2v) is 5.47. The van der Waals surface area contributed by atoms with Crippen molar-refractivity contribution in [3.8, 4) is 5.75 Å². The van der Waals surface area contributed by atoms with Gasteiger partial charge in [0, 0.05) is 18.1 Å². The molecule has 7 heteroatoms. The number of rotatable bonds is 5. The monoisotopic (exact) mass is 304 g/mol. The number of fused-ring (bicyclic) bond motifs is 1. The summed E-state index contributed by atoms with van der Waals surface area (Å²) in [6, 6.07) is 7.53. The third-order valence-corrected chi connectivity index (χ3v) is 3.93. The minimum absolute atomic E-state index is 0.0618. The number of carbonyl (C=O) groups excluding carboxylic acids is 1. The summed E-state index contributed by atoms with van der Waals surface area (Å²) in [5.41, 5.74) is 1.57. The lowest BCUT2D eigenvalue weighted by Crippen LogP contribution is -2.38. The van der Waals surface area contributed by atoms with Crippen molar-refractivity contribution in [2.75, 3.05) is 23.4 Å². The van der Waals surface area contributed by atoms with Crippen molar-refractivity contribution < 1.29 is 9.53 Å². The van der Waals surface area contributed by atoms with Crippen LogP contribution in [0.15, 0.2) is 24.3 Å². The lowest BCUT2D eigenvalue weighted by molar-refractivity contribution is -0.121. The summed E-state index contributed by atoms with van der Waals surface area (Å²) < 4.78 is 9.42. The lowest BCUT2D eigenvalue weighted by atomic mass is 10.2. The number of para-hydroxylation sites is 2. The summed E-state index contributed by atoms with van der Waals surface area (Å²) >= 11 is 1.32. The molecule has 1 amide bonds. The van der Waals surface area contributed by atoms with Gasteiger partial charge in [0.25, 0.3) is 5.91 Å². The highest BCUT2D eigenvalue weighted by Crippen LogP contribution is 2.33. The first-order chi connectivity index (χ1) is 10.3. The standard InChI is InChI=1S/C14H16N4O2S/c1-2-7-15-14-10(16-17-21-14)8-18-11-5-3-4-6-12(11)20-9-13(18)19/h3-6,15H,2,7-9H2,1H3. The van der Waals surface area contributed by atoms with Crippen LogP contribution in [-0.4, -0.2) is 28.6 Å². The fraction of sp³-hybridized carbons (Fsp3) is 0.357. The van der Waals surface area contributed by atoms with Crippen LogP contribution in [0, 0.1) is 0 Å². The van der Waals surface area contributed by atoms with E-state index in [-0.39, 0.29) is 12.5 Å². The average Bonchev–Trinajstić information content (AvgIpc) is 2.95. The van der Waals surface area contributed by atoms with Gasteiger partial charge in [-0.1, -0.05) is 23.5 Å². The molecular weight excluding hydrogens is 288 g/mol. The van der Waals surface area contributed by atoms with Crippen LogP contribution in [-0.2, 0) is 11.3 Å². The van der Waals surface area contributed by atoms with Crippen molar-refractivity contribution in [2.24, 2.45) is 0 Å². The van der Waals surface area contributed by atoms with Crippen molar-refractivity contribution in [2.45, 2.75) is 19.9 Å². The Bertz CT molecular complexity index is 643. The Labute approximate surface area is 126 Å². The van der Waals surface area contributed by atoms with Crippen LogP contribution in [0.3, 0.4) is 0 Å². The van der Waals surface area contributed by atoms with Gasteiger partial charge in [-0.15, -0.1) is 5.10 Å². The van der Waals surface area contributed by atoms with E-state index in [1.54, 1.807) is 4.90 Å². The molecule has 0 radical (unpaired) electrons. The number of ether oxygens (including phenoxy) is 1. The molecule has 1 aromatic heterocycles. The topological polar surface area (TPSA) is 67.4 Å². The number of benzene rings is 1. The Morgan fingerprint density at radius 1 is 1.43 bits per heavy atom. The van der Waals surface area contributed by atoms with Crippen LogP contribution in [0.1, 0.15) is 19.0 Å². The largest absolute Gasteiger partial charge is 0.482 e. The first-order valence-corrected chi connectivity index (χ1v) is 7.64. The number of nitrogens with one attached hydrogen (secondary N) is 1. The molecule has 21 heavy (non-hydrogen) atoms. The zero-order chi connectivity index (χ0) is 14.7. The number of amides is 1. The molecule has 6 nitrogen and oxygen atoms in total. The van der Waals surface area contributed by atoms with Crippen molar-refractivity contribution in [3.05, 3.63) is 30.0 Å². The van der Waals surface area contributed by atoms with E-state index in [0.717, 1.165) is 35.1 Å². The van der Waals surface area contributed by atoms with Gasteiger partial charge in [0.05, 0.1) is 12.2 Å². The van der Waals surface area contributed by atoms with E-state index >= 15 is 0 Å². The van der Waals surface area contributed by atoms with E-state index < -0.39 is 0 Å². The number of hydrogen-bond acceptors (Lipinski definition) is 6. The molecule has 110 valence electrons. The Hall–Kier alpha value is -2.15. The molecule has 3 rings (SSSR count). The highest BCUT2D eigenvalue weighted by atomic mass is 32.1. The highest BCUT2D eigenvalue weighted by molar-refractivity contribution is 7.10. The van der Waals surface area contributed by atoms with Gasteiger partial charge in [0.15, 0.2) is 6.61 Å². The van der Waals surface area contributed by atoms with Crippen LogP contribution in [0.5, 0.6) is 5.75 Å². The zero-order valence-corrected chi connectivity index (χ0v) is 12.5. The minimum atomic E-state index is -0.0665. The summed E-state index contributed by atoms with van der Waals surface area (Å²) in [5.74, 6) is 0.659. The van der Waals surface area contributed by atoms with Crippen LogP contribution < -0.4 is 15.0 Å². The molecule has 0 atom stereocenters. The molecule has 1 aliphatic rings.